The van der Waals surface area contributed by atoms with E-state index in [0.29, 0.717) is 22.3 Å². The van der Waals surface area contributed by atoms with Crippen molar-refractivity contribution in [2.24, 2.45) is 5.41 Å². The number of methoxy groups -OCH3 is 1. The first-order valence-corrected chi connectivity index (χ1v) is 8.53. The van der Waals surface area contributed by atoms with Crippen molar-refractivity contribution >= 4 is 23.1 Å². The van der Waals surface area contributed by atoms with Crippen molar-refractivity contribution in [3.8, 4) is 5.88 Å². The average molecular weight is 355 g/mol. The van der Waals surface area contributed by atoms with Crippen LogP contribution in [-0.2, 0) is 0 Å². The van der Waals surface area contributed by atoms with Crippen LogP contribution in [0.5, 0.6) is 5.88 Å². The predicted octanol–water partition coefficient (Wildman–Crippen LogP) is 2.96. The van der Waals surface area contributed by atoms with Crippen molar-refractivity contribution in [3.63, 3.8) is 0 Å². The third-order valence-electron chi connectivity index (χ3n) is 5.48. The smallest absolute Gasteiger partial charge is 0.332 e. The Morgan fingerprint density at radius 3 is 2.54 bits per heavy atom. The van der Waals surface area contributed by atoms with E-state index < -0.39 is 4.92 Å². The van der Waals surface area contributed by atoms with Crippen molar-refractivity contribution in [2.45, 2.75) is 31.7 Å². The summed E-state index contributed by atoms with van der Waals surface area (Å²) in [6.45, 7) is 1.74. The molecule has 0 N–H and O–H groups in total. The van der Waals surface area contributed by atoms with Crippen LogP contribution >= 0.6 is 11.6 Å². The normalized spacial score (nSPS) is 20.3. The van der Waals surface area contributed by atoms with E-state index in [2.05, 4.69) is 28.9 Å². The fourth-order valence-corrected chi connectivity index (χ4v) is 4.13. The van der Waals surface area contributed by atoms with Gasteiger partial charge in [0.2, 0.25) is 0 Å². The fraction of sp³-hybridized carbons (Fsp3) is 0.688. The number of nitrogens with zero attached hydrogens (tertiary/aromatic N) is 4. The molecule has 2 heterocycles. The predicted molar refractivity (Wildman–Crippen MR) is 93.0 cm³/mol. The van der Waals surface area contributed by atoms with Gasteiger partial charge in [-0.15, -0.1) is 0 Å². The number of hydrogen-bond donors (Lipinski definition) is 0. The van der Waals surface area contributed by atoms with Crippen LogP contribution in [0.25, 0.3) is 0 Å². The second-order valence-corrected chi connectivity index (χ2v) is 7.50. The molecule has 1 spiro atoms. The molecule has 7 nitrogen and oxygen atoms in total. The fourth-order valence-electron chi connectivity index (χ4n) is 3.86. The Morgan fingerprint density at radius 2 is 2.04 bits per heavy atom. The molecule has 0 amide bonds. The van der Waals surface area contributed by atoms with Gasteiger partial charge in [-0.2, -0.15) is 4.98 Å². The summed E-state index contributed by atoms with van der Waals surface area (Å²) >= 11 is 6.25. The molecule has 1 aliphatic carbocycles. The highest BCUT2D eigenvalue weighted by atomic mass is 35.5. The summed E-state index contributed by atoms with van der Waals surface area (Å²) < 4.78 is 5.06. The number of rotatable bonds is 4. The maximum absolute atomic E-state index is 11.0. The highest BCUT2D eigenvalue weighted by Crippen LogP contribution is 2.51. The van der Waals surface area contributed by atoms with Crippen LogP contribution < -0.4 is 9.64 Å². The Bertz CT molecular complexity index is 636. The molecule has 1 aromatic rings. The number of halogens is 1. The molecule has 2 aliphatic rings. The van der Waals surface area contributed by atoms with Crippen LogP contribution in [0.2, 0.25) is 5.02 Å². The molecule has 3 rings (SSSR count). The standard InChI is InChI=1S/C16H23ClN4O3/c1-19(2)11-9-16(10-11)4-6-20(7-5-16)14-12(17)8-13(21(22)23)15(18-14)24-3/h8,11H,4-7,9-10H2,1-3H3. The van der Waals surface area contributed by atoms with Crippen LogP contribution in [-0.4, -0.2) is 55.1 Å². The Morgan fingerprint density at radius 1 is 1.42 bits per heavy atom. The largest absolute Gasteiger partial charge is 0.476 e. The average Bonchev–Trinajstić information content (AvgIpc) is 2.52. The van der Waals surface area contributed by atoms with Gasteiger partial charge >= 0.3 is 5.69 Å². The van der Waals surface area contributed by atoms with Gasteiger partial charge in [0.15, 0.2) is 5.82 Å². The van der Waals surface area contributed by atoms with Gasteiger partial charge in [0.25, 0.3) is 5.88 Å². The maximum Gasteiger partial charge on any atom is 0.332 e. The number of aromatic nitrogens is 1. The van der Waals surface area contributed by atoms with Crippen LogP contribution in [0.4, 0.5) is 11.5 Å². The van der Waals surface area contributed by atoms with Gasteiger partial charge in [0, 0.05) is 25.2 Å². The maximum atomic E-state index is 11.0. The van der Waals surface area contributed by atoms with Crippen molar-refractivity contribution in [1.82, 2.24) is 9.88 Å². The number of piperidine rings is 1. The second-order valence-electron chi connectivity index (χ2n) is 7.09. The molecule has 0 bridgehead atoms. The minimum absolute atomic E-state index is 0.0102. The number of nitro groups is 1. The molecule has 0 unspecified atom stereocenters. The molecule has 2 fully saturated rings. The lowest BCUT2D eigenvalue weighted by Gasteiger charge is -2.54. The van der Waals surface area contributed by atoms with E-state index in [0.717, 1.165) is 25.9 Å². The summed E-state index contributed by atoms with van der Waals surface area (Å²) in [6, 6.07) is 2.02. The molecule has 1 saturated heterocycles. The molecule has 0 radical (unpaired) electrons. The third-order valence-corrected chi connectivity index (χ3v) is 5.76. The lowest BCUT2D eigenvalue weighted by atomic mass is 9.60. The zero-order chi connectivity index (χ0) is 17.5. The van der Waals surface area contributed by atoms with Gasteiger partial charge in [0.1, 0.15) is 0 Å². The first-order valence-electron chi connectivity index (χ1n) is 8.15. The Balaban J connectivity index is 1.72. The quantitative estimate of drug-likeness (QED) is 0.611. The number of ether oxygens (including phenoxy) is 1. The molecule has 8 heteroatoms. The monoisotopic (exact) mass is 354 g/mol. The van der Waals surface area contributed by atoms with Crippen LogP contribution in [0.3, 0.4) is 0 Å². The Labute approximate surface area is 146 Å². The summed E-state index contributed by atoms with van der Waals surface area (Å²) in [4.78, 5) is 19.2. The second kappa shape index (κ2) is 6.37. The summed E-state index contributed by atoms with van der Waals surface area (Å²) in [5.74, 6) is 0.591. The topological polar surface area (TPSA) is 71.7 Å². The SMILES string of the molecule is COc1nc(N2CCC3(CC2)CC(N(C)C)C3)c(Cl)cc1[N+](=O)[O-]. The van der Waals surface area contributed by atoms with E-state index in [-0.39, 0.29) is 11.6 Å². The molecule has 0 atom stereocenters. The van der Waals surface area contributed by atoms with Gasteiger partial charge in [-0.25, -0.2) is 0 Å². The molecule has 24 heavy (non-hydrogen) atoms. The van der Waals surface area contributed by atoms with E-state index >= 15 is 0 Å². The lowest BCUT2D eigenvalue weighted by molar-refractivity contribution is -0.386. The summed E-state index contributed by atoms with van der Waals surface area (Å²) in [5.41, 5.74) is 0.246. The summed E-state index contributed by atoms with van der Waals surface area (Å²) in [7, 11) is 5.66. The van der Waals surface area contributed by atoms with E-state index in [9.17, 15) is 10.1 Å². The highest BCUT2D eigenvalue weighted by Gasteiger charge is 2.46. The van der Waals surface area contributed by atoms with E-state index in [1.165, 1.54) is 26.0 Å². The van der Waals surface area contributed by atoms with E-state index in [1.807, 2.05) is 0 Å². The van der Waals surface area contributed by atoms with Gasteiger partial charge in [0.05, 0.1) is 17.1 Å². The Kier molecular flexibility index (Phi) is 4.57. The highest BCUT2D eigenvalue weighted by molar-refractivity contribution is 6.33. The summed E-state index contributed by atoms with van der Waals surface area (Å²) in [5, 5.41) is 11.4. The van der Waals surface area contributed by atoms with Gasteiger partial charge in [-0.3, -0.25) is 10.1 Å². The minimum Gasteiger partial charge on any atom is -0.476 e. The van der Waals surface area contributed by atoms with E-state index in [4.69, 9.17) is 16.3 Å². The molecule has 0 aromatic carbocycles. The van der Waals surface area contributed by atoms with E-state index in [1.54, 1.807) is 0 Å². The number of pyridine rings is 1. The van der Waals surface area contributed by atoms with Gasteiger partial charge in [-0.05, 0) is 45.2 Å². The van der Waals surface area contributed by atoms with Crippen LogP contribution in [0, 0.1) is 15.5 Å². The van der Waals surface area contributed by atoms with Crippen LogP contribution in [0.1, 0.15) is 25.7 Å². The molecule has 1 aliphatic heterocycles. The molecular weight excluding hydrogens is 332 g/mol. The minimum atomic E-state index is -0.525. The van der Waals surface area contributed by atoms with Crippen molar-refractivity contribution in [3.05, 3.63) is 21.2 Å². The molecule has 1 saturated carbocycles. The third kappa shape index (κ3) is 3.02. The van der Waals surface area contributed by atoms with Crippen molar-refractivity contribution in [2.75, 3.05) is 39.2 Å². The van der Waals surface area contributed by atoms with Crippen molar-refractivity contribution < 1.29 is 9.66 Å². The first-order chi connectivity index (χ1) is 11.3. The van der Waals surface area contributed by atoms with Gasteiger partial charge in [-0.1, -0.05) is 11.6 Å². The zero-order valence-corrected chi connectivity index (χ0v) is 15.0. The van der Waals surface area contributed by atoms with Crippen molar-refractivity contribution in [1.29, 1.82) is 0 Å². The molecule has 1 aromatic heterocycles. The van der Waals surface area contributed by atoms with Gasteiger partial charge < -0.3 is 14.5 Å². The summed E-state index contributed by atoms with van der Waals surface area (Å²) in [6.07, 6.45) is 4.71. The number of hydrogen-bond acceptors (Lipinski definition) is 6. The first kappa shape index (κ1) is 17.2. The zero-order valence-electron chi connectivity index (χ0n) is 14.3. The Hall–Kier alpha value is -1.60. The molecular formula is C16H23ClN4O3. The molecule has 132 valence electrons. The lowest BCUT2D eigenvalue weighted by Crippen LogP contribution is -2.53. The number of anilines is 1. The van der Waals surface area contributed by atoms with Crippen LogP contribution in [0.15, 0.2) is 6.07 Å².